The first-order valence-corrected chi connectivity index (χ1v) is 5.52. The molecule has 1 atom stereocenters. The van der Waals surface area contributed by atoms with Gasteiger partial charge in [0.05, 0.1) is 0 Å². The summed E-state index contributed by atoms with van der Waals surface area (Å²) >= 11 is 3.37. The van der Waals surface area contributed by atoms with Crippen molar-refractivity contribution in [2.75, 3.05) is 0 Å². The molecule has 0 N–H and O–H groups in total. The van der Waals surface area contributed by atoms with Gasteiger partial charge in [-0.3, -0.25) is 0 Å². The van der Waals surface area contributed by atoms with Crippen molar-refractivity contribution in [1.29, 1.82) is 0 Å². The van der Waals surface area contributed by atoms with E-state index in [4.69, 9.17) is 4.74 Å². The Morgan fingerprint density at radius 3 is 2.27 bits per heavy atom. The fourth-order valence-electron chi connectivity index (χ4n) is 1.60. The van der Waals surface area contributed by atoms with Crippen molar-refractivity contribution in [3.05, 3.63) is 45.4 Å². The molecule has 1 heterocycles. The molecule has 0 spiro atoms. The number of carbonyl (C=O) groups is 1. The molecule has 1 aliphatic heterocycles. The molecule has 1 aromatic rings. The molecular weight excluding hydrogens is 256 g/mol. The van der Waals surface area contributed by atoms with Gasteiger partial charge in [-0.15, -0.1) is 0 Å². The van der Waals surface area contributed by atoms with Gasteiger partial charge < -0.3 is 4.74 Å². The second kappa shape index (κ2) is 3.81. The van der Waals surface area contributed by atoms with Crippen molar-refractivity contribution >= 4 is 21.9 Å². The number of ether oxygens (including phenoxy) is 1. The van der Waals surface area contributed by atoms with Crippen LogP contribution in [0, 0.1) is 0 Å². The van der Waals surface area contributed by atoms with Gasteiger partial charge in [0, 0.05) is 10.0 Å². The highest BCUT2D eigenvalue weighted by molar-refractivity contribution is 9.10. The van der Waals surface area contributed by atoms with Gasteiger partial charge in [0.15, 0.2) is 0 Å². The van der Waals surface area contributed by atoms with Crippen molar-refractivity contribution in [1.82, 2.24) is 0 Å². The summed E-state index contributed by atoms with van der Waals surface area (Å²) in [7, 11) is 0. The molecule has 2 nitrogen and oxygen atoms in total. The van der Waals surface area contributed by atoms with Crippen LogP contribution in [0.5, 0.6) is 0 Å². The van der Waals surface area contributed by atoms with Crippen molar-refractivity contribution < 1.29 is 9.53 Å². The van der Waals surface area contributed by atoms with Gasteiger partial charge in [0.2, 0.25) is 0 Å². The number of hydrogen-bond acceptors (Lipinski definition) is 2. The maximum atomic E-state index is 11.3. The van der Waals surface area contributed by atoms with E-state index < -0.39 is 0 Å². The Morgan fingerprint density at radius 1 is 1.20 bits per heavy atom. The zero-order valence-electron chi connectivity index (χ0n) is 8.58. The molecule has 78 valence electrons. The third-order valence-corrected chi connectivity index (χ3v) is 3.22. The van der Waals surface area contributed by atoms with E-state index in [9.17, 15) is 4.79 Å². The molecule has 0 bridgehead atoms. The first-order chi connectivity index (χ1) is 7.09. The predicted octanol–water partition coefficient (Wildman–Crippen LogP) is 3.38. The summed E-state index contributed by atoms with van der Waals surface area (Å²) in [5.41, 5.74) is 2.74. The normalized spacial score (nSPS) is 20.7. The maximum absolute atomic E-state index is 11.3. The van der Waals surface area contributed by atoms with Crippen LogP contribution < -0.4 is 0 Å². The molecule has 0 aromatic heterocycles. The zero-order chi connectivity index (χ0) is 11.0. The molecule has 0 fully saturated rings. The average molecular weight is 267 g/mol. The Morgan fingerprint density at radius 2 is 1.80 bits per heavy atom. The van der Waals surface area contributed by atoms with Crippen LogP contribution in [-0.2, 0) is 9.53 Å². The second-order valence-electron chi connectivity index (χ2n) is 3.64. The van der Waals surface area contributed by atoms with Crippen molar-refractivity contribution in [2.24, 2.45) is 0 Å². The average Bonchev–Trinajstić information content (AvgIpc) is 2.47. The molecule has 0 amide bonds. The Hall–Kier alpha value is -1.09. The summed E-state index contributed by atoms with van der Waals surface area (Å²) in [6.45, 7) is 3.74. The molecule has 1 aromatic carbocycles. The SMILES string of the molecule is CC1=C(C)C(c2ccc(Br)cc2)OC1=O. The van der Waals surface area contributed by atoms with Gasteiger partial charge in [0.25, 0.3) is 0 Å². The highest BCUT2D eigenvalue weighted by Gasteiger charge is 2.29. The largest absolute Gasteiger partial charge is 0.450 e. The van der Waals surface area contributed by atoms with E-state index >= 15 is 0 Å². The van der Waals surface area contributed by atoms with Gasteiger partial charge in [-0.25, -0.2) is 4.79 Å². The van der Waals surface area contributed by atoms with Gasteiger partial charge in [-0.1, -0.05) is 28.1 Å². The molecule has 1 aliphatic rings. The topological polar surface area (TPSA) is 26.3 Å². The lowest BCUT2D eigenvalue weighted by molar-refractivity contribution is -0.140. The van der Waals surface area contributed by atoms with Crippen LogP contribution in [0.15, 0.2) is 39.9 Å². The minimum Gasteiger partial charge on any atom is -0.450 e. The fraction of sp³-hybridized carbons (Fsp3) is 0.250. The van der Waals surface area contributed by atoms with E-state index in [0.717, 1.165) is 21.2 Å². The second-order valence-corrected chi connectivity index (χ2v) is 4.56. The molecule has 3 heteroatoms. The Kier molecular flexibility index (Phi) is 2.65. The standard InChI is InChI=1S/C12H11BrO2/c1-7-8(2)12(14)15-11(7)9-3-5-10(13)6-4-9/h3-6,11H,1-2H3. The van der Waals surface area contributed by atoms with Crippen LogP contribution in [0.3, 0.4) is 0 Å². The van der Waals surface area contributed by atoms with Gasteiger partial charge in [-0.05, 0) is 37.1 Å². The van der Waals surface area contributed by atoms with Crippen molar-refractivity contribution in [3.63, 3.8) is 0 Å². The van der Waals surface area contributed by atoms with Crippen LogP contribution in [0.4, 0.5) is 0 Å². The van der Waals surface area contributed by atoms with Crippen LogP contribution in [0.25, 0.3) is 0 Å². The summed E-state index contributed by atoms with van der Waals surface area (Å²) < 4.78 is 6.31. The lowest BCUT2D eigenvalue weighted by Gasteiger charge is -2.11. The predicted molar refractivity (Wildman–Crippen MR) is 61.3 cm³/mol. The number of halogens is 1. The highest BCUT2D eigenvalue weighted by Crippen LogP contribution is 2.34. The molecule has 0 saturated heterocycles. The Balaban J connectivity index is 2.35. The van der Waals surface area contributed by atoms with Crippen LogP contribution in [0.1, 0.15) is 25.5 Å². The highest BCUT2D eigenvalue weighted by atomic mass is 79.9. The molecular formula is C12H11BrO2. The molecule has 1 unspecified atom stereocenters. The van der Waals surface area contributed by atoms with Crippen LogP contribution >= 0.6 is 15.9 Å². The third-order valence-electron chi connectivity index (χ3n) is 2.69. The molecule has 0 radical (unpaired) electrons. The van der Waals surface area contributed by atoms with E-state index in [1.54, 1.807) is 6.92 Å². The quantitative estimate of drug-likeness (QED) is 0.729. The number of esters is 1. The number of rotatable bonds is 1. The minimum absolute atomic E-state index is 0.203. The zero-order valence-corrected chi connectivity index (χ0v) is 10.2. The number of cyclic esters (lactones) is 1. The lowest BCUT2D eigenvalue weighted by atomic mass is 10.0. The van der Waals surface area contributed by atoms with E-state index in [1.807, 2.05) is 31.2 Å². The van der Waals surface area contributed by atoms with Gasteiger partial charge >= 0.3 is 5.97 Å². The van der Waals surface area contributed by atoms with E-state index in [0.29, 0.717) is 0 Å². The van der Waals surface area contributed by atoms with E-state index in [-0.39, 0.29) is 12.1 Å². The first kappa shape index (κ1) is 10.4. The van der Waals surface area contributed by atoms with Crippen molar-refractivity contribution in [2.45, 2.75) is 20.0 Å². The monoisotopic (exact) mass is 266 g/mol. The summed E-state index contributed by atoms with van der Waals surface area (Å²) in [6.07, 6.45) is -0.203. The van der Waals surface area contributed by atoms with Crippen LogP contribution in [-0.4, -0.2) is 5.97 Å². The molecule has 2 rings (SSSR count). The van der Waals surface area contributed by atoms with Crippen molar-refractivity contribution in [3.8, 4) is 0 Å². The summed E-state index contributed by atoms with van der Waals surface area (Å²) in [5.74, 6) is -0.208. The van der Waals surface area contributed by atoms with Gasteiger partial charge in [0.1, 0.15) is 6.10 Å². The Labute approximate surface area is 97.1 Å². The van der Waals surface area contributed by atoms with E-state index in [1.165, 1.54) is 0 Å². The minimum atomic E-state index is -0.208. The van der Waals surface area contributed by atoms with E-state index in [2.05, 4.69) is 15.9 Å². The number of carbonyl (C=O) groups excluding carboxylic acids is 1. The third kappa shape index (κ3) is 1.84. The lowest BCUT2D eigenvalue weighted by Crippen LogP contribution is -2.02. The van der Waals surface area contributed by atoms with Crippen LogP contribution in [0.2, 0.25) is 0 Å². The summed E-state index contributed by atoms with van der Waals surface area (Å²) in [5, 5.41) is 0. The first-order valence-electron chi connectivity index (χ1n) is 4.73. The maximum Gasteiger partial charge on any atom is 0.334 e. The Bertz CT molecular complexity index is 431. The fourth-order valence-corrected chi connectivity index (χ4v) is 1.86. The smallest absolute Gasteiger partial charge is 0.334 e. The number of hydrogen-bond donors (Lipinski definition) is 0. The molecule has 15 heavy (non-hydrogen) atoms. The molecule has 0 saturated carbocycles. The summed E-state index contributed by atoms with van der Waals surface area (Å²) in [6, 6.07) is 7.82. The molecule has 0 aliphatic carbocycles. The number of benzene rings is 1. The summed E-state index contributed by atoms with van der Waals surface area (Å²) in [4.78, 5) is 11.3. The van der Waals surface area contributed by atoms with Gasteiger partial charge in [-0.2, -0.15) is 0 Å².